The van der Waals surface area contributed by atoms with Crippen LogP contribution in [0, 0.1) is 0 Å². The Morgan fingerprint density at radius 2 is 1.95 bits per heavy atom. The molecule has 3 N–H and O–H groups in total. The molecule has 1 aliphatic heterocycles. The standard InChI is InChI=1S/C14H21N3O2/c15-6-5-14(18)16-13-3-1-12(2-4-13)11-17-7-9-19-10-8-17/h1-4H,5-11,15H2,(H,16,18). The van der Waals surface area contributed by atoms with Crippen molar-refractivity contribution in [2.45, 2.75) is 13.0 Å². The molecule has 2 rings (SSSR count). The molecule has 0 spiro atoms. The van der Waals surface area contributed by atoms with E-state index in [0.717, 1.165) is 38.5 Å². The van der Waals surface area contributed by atoms with Crippen LogP contribution in [0.5, 0.6) is 0 Å². The Labute approximate surface area is 113 Å². The van der Waals surface area contributed by atoms with Crippen LogP contribution in [-0.2, 0) is 16.1 Å². The average Bonchev–Trinajstić information content (AvgIpc) is 2.42. The first kappa shape index (κ1) is 14.0. The number of nitrogens with one attached hydrogen (secondary N) is 1. The number of benzene rings is 1. The van der Waals surface area contributed by atoms with Gasteiger partial charge in [-0.15, -0.1) is 0 Å². The van der Waals surface area contributed by atoms with Crippen molar-refractivity contribution in [1.29, 1.82) is 0 Å². The topological polar surface area (TPSA) is 67.6 Å². The molecule has 0 radical (unpaired) electrons. The maximum atomic E-state index is 11.4. The van der Waals surface area contributed by atoms with Crippen LogP contribution in [0.3, 0.4) is 0 Å². The Bertz CT molecular complexity index is 400. The number of ether oxygens (including phenoxy) is 1. The molecule has 0 aromatic heterocycles. The number of hydrogen-bond acceptors (Lipinski definition) is 4. The maximum absolute atomic E-state index is 11.4. The molecule has 1 fully saturated rings. The van der Waals surface area contributed by atoms with E-state index in [1.165, 1.54) is 5.56 Å². The van der Waals surface area contributed by atoms with E-state index in [1.807, 2.05) is 24.3 Å². The van der Waals surface area contributed by atoms with E-state index in [2.05, 4.69) is 10.2 Å². The van der Waals surface area contributed by atoms with Gasteiger partial charge in [0.2, 0.25) is 5.91 Å². The van der Waals surface area contributed by atoms with Gasteiger partial charge in [-0.1, -0.05) is 12.1 Å². The minimum absolute atomic E-state index is 0.0385. The lowest BCUT2D eigenvalue weighted by Crippen LogP contribution is -2.35. The summed E-state index contributed by atoms with van der Waals surface area (Å²) in [5, 5.41) is 2.82. The molecule has 1 aromatic rings. The fourth-order valence-electron chi connectivity index (χ4n) is 2.07. The molecule has 104 valence electrons. The fourth-order valence-corrected chi connectivity index (χ4v) is 2.07. The predicted molar refractivity (Wildman–Crippen MR) is 74.8 cm³/mol. The Balaban J connectivity index is 1.85. The van der Waals surface area contributed by atoms with Gasteiger partial charge in [0.05, 0.1) is 13.2 Å². The number of rotatable bonds is 5. The third kappa shape index (κ3) is 4.63. The highest BCUT2D eigenvalue weighted by molar-refractivity contribution is 5.90. The van der Waals surface area contributed by atoms with Crippen molar-refractivity contribution in [2.75, 3.05) is 38.2 Å². The maximum Gasteiger partial charge on any atom is 0.225 e. The molecule has 0 bridgehead atoms. The van der Waals surface area contributed by atoms with Crippen molar-refractivity contribution in [3.05, 3.63) is 29.8 Å². The summed E-state index contributed by atoms with van der Waals surface area (Å²) in [7, 11) is 0. The molecule has 19 heavy (non-hydrogen) atoms. The highest BCUT2D eigenvalue weighted by Crippen LogP contribution is 2.12. The Morgan fingerprint density at radius 1 is 1.26 bits per heavy atom. The number of morpholine rings is 1. The second-order valence-electron chi connectivity index (χ2n) is 4.67. The van der Waals surface area contributed by atoms with Gasteiger partial charge in [-0.25, -0.2) is 0 Å². The van der Waals surface area contributed by atoms with Crippen LogP contribution < -0.4 is 11.1 Å². The molecule has 5 nitrogen and oxygen atoms in total. The van der Waals surface area contributed by atoms with Gasteiger partial charge in [0.25, 0.3) is 0 Å². The Morgan fingerprint density at radius 3 is 2.58 bits per heavy atom. The largest absolute Gasteiger partial charge is 0.379 e. The monoisotopic (exact) mass is 263 g/mol. The summed E-state index contributed by atoms with van der Waals surface area (Å²) in [6.45, 7) is 4.89. The van der Waals surface area contributed by atoms with E-state index in [9.17, 15) is 4.79 Å². The van der Waals surface area contributed by atoms with Gasteiger partial charge >= 0.3 is 0 Å². The number of nitrogens with zero attached hydrogens (tertiary/aromatic N) is 1. The molecule has 0 aliphatic carbocycles. The fraction of sp³-hybridized carbons (Fsp3) is 0.500. The van der Waals surface area contributed by atoms with Crippen LogP contribution in [-0.4, -0.2) is 43.7 Å². The average molecular weight is 263 g/mol. The zero-order valence-electron chi connectivity index (χ0n) is 11.1. The van der Waals surface area contributed by atoms with Gasteiger partial charge in [-0.3, -0.25) is 9.69 Å². The van der Waals surface area contributed by atoms with Crippen LogP contribution in [0.15, 0.2) is 24.3 Å². The highest BCUT2D eigenvalue weighted by Gasteiger charge is 2.10. The highest BCUT2D eigenvalue weighted by atomic mass is 16.5. The first-order valence-corrected chi connectivity index (χ1v) is 6.67. The molecular weight excluding hydrogens is 242 g/mol. The molecule has 5 heteroatoms. The van der Waals surface area contributed by atoms with Crippen molar-refractivity contribution in [3.63, 3.8) is 0 Å². The summed E-state index contributed by atoms with van der Waals surface area (Å²) in [6, 6.07) is 7.97. The van der Waals surface area contributed by atoms with E-state index in [-0.39, 0.29) is 5.91 Å². The van der Waals surface area contributed by atoms with Gasteiger partial charge in [0, 0.05) is 38.3 Å². The van der Waals surface area contributed by atoms with Gasteiger partial charge < -0.3 is 15.8 Å². The van der Waals surface area contributed by atoms with Crippen LogP contribution in [0.25, 0.3) is 0 Å². The number of carbonyl (C=O) groups is 1. The van der Waals surface area contributed by atoms with Crippen molar-refractivity contribution in [3.8, 4) is 0 Å². The number of amides is 1. The normalized spacial score (nSPS) is 16.3. The SMILES string of the molecule is NCCC(=O)Nc1ccc(CN2CCOCC2)cc1. The van der Waals surface area contributed by atoms with E-state index in [4.69, 9.17) is 10.5 Å². The van der Waals surface area contributed by atoms with E-state index in [0.29, 0.717) is 13.0 Å². The number of anilines is 1. The minimum atomic E-state index is -0.0385. The number of carbonyl (C=O) groups excluding carboxylic acids is 1. The molecule has 1 amide bonds. The molecule has 1 aliphatic rings. The number of hydrogen-bond donors (Lipinski definition) is 2. The summed E-state index contributed by atoms with van der Waals surface area (Å²) in [4.78, 5) is 13.8. The van der Waals surface area contributed by atoms with E-state index < -0.39 is 0 Å². The van der Waals surface area contributed by atoms with Crippen molar-refractivity contribution < 1.29 is 9.53 Å². The summed E-state index contributed by atoms with van der Waals surface area (Å²) >= 11 is 0. The third-order valence-electron chi connectivity index (χ3n) is 3.12. The summed E-state index contributed by atoms with van der Waals surface area (Å²) < 4.78 is 5.32. The van der Waals surface area contributed by atoms with Gasteiger partial charge in [-0.05, 0) is 17.7 Å². The lowest BCUT2D eigenvalue weighted by molar-refractivity contribution is -0.116. The molecule has 0 unspecified atom stereocenters. The molecular formula is C14H21N3O2. The summed E-state index contributed by atoms with van der Waals surface area (Å²) in [5.41, 5.74) is 7.41. The lowest BCUT2D eigenvalue weighted by atomic mass is 10.2. The number of nitrogens with two attached hydrogens (primary N) is 1. The molecule has 1 aromatic carbocycles. The second-order valence-corrected chi connectivity index (χ2v) is 4.67. The molecule has 0 atom stereocenters. The van der Waals surface area contributed by atoms with Gasteiger partial charge in [0.15, 0.2) is 0 Å². The van der Waals surface area contributed by atoms with E-state index >= 15 is 0 Å². The second kappa shape index (κ2) is 7.23. The minimum Gasteiger partial charge on any atom is -0.379 e. The smallest absolute Gasteiger partial charge is 0.225 e. The first-order valence-electron chi connectivity index (χ1n) is 6.67. The third-order valence-corrected chi connectivity index (χ3v) is 3.12. The predicted octanol–water partition coefficient (Wildman–Crippen LogP) is 0.806. The van der Waals surface area contributed by atoms with Crippen molar-refractivity contribution in [2.24, 2.45) is 5.73 Å². The van der Waals surface area contributed by atoms with Crippen LogP contribution in [0.4, 0.5) is 5.69 Å². The molecule has 1 heterocycles. The van der Waals surface area contributed by atoms with Crippen LogP contribution >= 0.6 is 0 Å². The Hall–Kier alpha value is -1.43. The summed E-state index contributed by atoms with van der Waals surface area (Å²) in [5.74, 6) is -0.0385. The zero-order valence-corrected chi connectivity index (χ0v) is 11.1. The van der Waals surface area contributed by atoms with Gasteiger partial charge in [0.1, 0.15) is 0 Å². The lowest BCUT2D eigenvalue weighted by Gasteiger charge is -2.26. The quantitative estimate of drug-likeness (QED) is 0.825. The van der Waals surface area contributed by atoms with Crippen LogP contribution in [0.1, 0.15) is 12.0 Å². The van der Waals surface area contributed by atoms with Crippen molar-refractivity contribution >= 4 is 11.6 Å². The van der Waals surface area contributed by atoms with Crippen molar-refractivity contribution in [1.82, 2.24) is 4.90 Å². The molecule has 1 saturated heterocycles. The summed E-state index contributed by atoms with van der Waals surface area (Å²) in [6.07, 6.45) is 0.357. The van der Waals surface area contributed by atoms with E-state index in [1.54, 1.807) is 0 Å². The van der Waals surface area contributed by atoms with Gasteiger partial charge in [-0.2, -0.15) is 0 Å². The first-order chi connectivity index (χ1) is 9.28. The molecule has 0 saturated carbocycles. The van der Waals surface area contributed by atoms with Crippen LogP contribution in [0.2, 0.25) is 0 Å². The zero-order chi connectivity index (χ0) is 13.5. The Kier molecular flexibility index (Phi) is 5.32.